The number of fused-ring (bicyclic) bond motifs is 1. The fourth-order valence-electron chi connectivity index (χ4n) is 4.50. The van der Waals surface area contributed by atoms with Crippen LogP contribution in [0.4, 0.5) is 27.6 Å². The highest BCUT2D eigenvalue weighted by atomic mass is 35.5. The molecule has 0 aromatic heterocycles. The van der Waals surface area contributed by atoms with Crippen LogP contribution in [0.5, 0.6) is 0 Å². The van der Waals surface area contributed by atoms with Crippen molar-refractivity contribution >= 4 is 35.0 Å². The number of benzene rings is 3. The number of nitrogens with one attached hydrogen (secondary N) is 3. The average Bonchev–Trinajstić information content (AvgIpc) is 3.21. The molecule has 2 atom stereocenters. The summed E-state index contributed by atoms with van der Waals surface area (Å²) in [5.74, 6) is -3.98. The summed E-state index contributed by atoms with van der Waals surface area (Å²) >= 11 is 6.27. The molecule has 0 aliphatic carbocycles. The van der Waals surface area contributed by atoms with E-state index in [2.05, 4.69) is 16.0 Å². The second-order valence-electron chi connectivity index (χ2n) is 8.89. The first-order chi connectivity index (χ1) is 18.4. The van der Waals surface area contributed by atoms with E-state index in [1.165, 1.54) is 18.2 Å². The van der Waals surface area contributed by atoms with Gasteiger partial charge in [-0.2, -0.15) is 13.2 Å². The van der Waals surface area contributed by atoms with E-state index in [1.807, 2.05) is 0 Å². The maximum atomic E-state index is 14.1. The van der Waals surface area contributed by atoms with Gasteiger partial charge in [-0.3, -0.25) is 14.4 Å². The van der Waals surface area contributed by atoms with E-state index in [4.69, 9.17) is 16.3 Å². The zero-order chi connectivity index (χ0) is 28.1. The number of carbonyl (C=O) groups excluding carboxylic acids is 3. The van der Waals surface area contributed by atoms with E-state index in [9.17, 15) is 36.3 Å². The van der Waals surface area contributed by atoms with Gasteiger partial charge in [-0.25, -0.2) is 8.78 Å². The number of anilines is 1. The predicted octanol–water partition coefficient (Wildman–Crippen LogP) is 4.91. The van der Waals surface area contributed by atoms with Crippen LogP contribution in [0.25, 0.3) is 0 Å². The third-order valence-electron chi connectivity index (χ3n) is 6.29. The minimum absolute atomic E-state index is 0.0329. The van der Waals surface area contributed by atoms with Gasteiger partial charge in [0.15, 0.2) is 0 Å². The Hall–Kier alpha value is -4.03. The molecule has 3 aromatic rings. The monoisotopic (exact) mass is 565 g/mol. The first-order valence-electron chi connectivity index (χ1n) is 11.4. The van der Waals surface area contributed by atoms with E-state index >= 15 is 0 Å². The molecule has 3 amide bonds. The van der Waals surface area contributed by atoms with Gasteiger partial charge in [0.1, 0.15) is 24.3 Å². The van der Waals surface area contributed by atoms with Crippen LogP contribution in [-0.4, -0.2) is 30.9 Å². The van der Waals surface area contributed by atoms with E-state index in [0.717, 1.165) is 12.1 Å². The fourth-order valence-corrected chi connectivity index (χ4v) is 4.73. The minimum Gasteiger partial charge on any atom is -0.362 e. The molecule has 0 saturated carbocycles. The Morgan fingerprint density at radius 1 is 1.03 bits per heavy atom. The Bertz CT molecular complexity index is 1520. The van der Waals surface area contributed by atoms with Crippen LogP contribution < -0.4 is 16.0 Å². The van der Waals surface area contributed by atoms with Crippen molar-refractivity contribution in [2.24, 2.45) is 0 Å². The van der Waals surface area contributed by atoms with Crippen LogP contribution in [-0.2, 0) is 15.7 Å². The Kier molecular flexibility index (Phi) is 6.77. The maximum absolute atomic E-state index is 14.1. The maximum Gasteiger partial charge on any atom is 0.416 e. The number of hydrogen-bond donors (Lipinski definition) is 3. The normalized spacial score (nSPS) is 18.8. The number of hydrogen-bond acceptors (Lipinski definition) is 4. The molecular weight excluding hydrogens is 549 g/mol. The third kappa shape index (κ3) is 5.30. The number of alkyl halides is 3. The molecule has 2 heterocycles. The van der Waals surface area contributed by atoms with Crippen molar-refractivity contribution in [2.45, 2.75) is 18.3 Å². The second kappa shape index (κ2) is 9.93. The molecule has 39 heavy (non-hydrogen) atoms. The summed E-state index contributed by atoms with van der Waals surface area (Å²) in [6.07, 6.45) is -5.63. The van der Waals surface area contributed by atoms with E-state index in [1.54, 1.807) is 0 Å². The number of halogens is 6. The predicted molar refractivity (Wildman–Crippen MR) is 128 cm³/mol. The van der Waals surface area contributed by atoms with Gasteiger partial charge in [0, 0.05) is 39.5 Å². The number of rotatable bonds is 4. The average molecular weight is 566 g/mol. The van der Waals surface area contributed by atoms with Crippen molar-refractivity contribution in [3.8, 4) is 0 Å². The van der Waals surface area contributed by atoms with E-state index in [0.29, 0.717) is 17.7 Å². The quantitative estimate of drug-likeness (QED) is 0.392. The molecule has 3 N–H and O–H groups in total. The lowest BCUT2D eigenvalue weighted by atomic mass is 9.93. The molecule has 1 saturated heterocycles. The summed E-state index contributed by atoms with van der Waals surface area (Å²) < 4.78 is 73.3. The number of ether oxygens (including phenoxy) is 1. The van der Waals surface area contributed by atoms with Crippen molar-refractivity contribution in [1.29, 1.82) is 0 Å². The van der Waals surface area contributed by atoms with Crippen LogP contribution >= 0.6 is 11.6 Å². The van der Waals surface area contributed by atoms with Crippen molar-refractivity contribution in [3.63, 3.8) is 0 Å². The summed E-state index contributed by atoms with van der Waals surface area (Å²) in [4.78, 5) is 37.6. The molecule has 2 aliphatic heterocycles. The van der Waals surface area contributed by atoms with Gasteiger partial charge in [0.05, 0.1) is 11.6 Å². The molecular formula is C26H17ClF5N3O4. The second-order valence-corrected chi connectivity index (χ2v) is 9.29. The molecule has 0 bridgehead atoms. The van der Waals surface area contributed by atoms with Gasteiger partial charge in [-0.05, 0) is 54.1 Å². The van der Waals surface area contributed by atoms with Crippen LogP contribution in [0, 0.1) is 11.6 Å². The lowest BCUT2D eigenvalue weighted by molar-refractivity contribution is -0.137. The lowest BCUT2D eigenvalue weighted by Gasteiger charge is -2.25. The highest BCUT2D eigenvalue weighted by Crippen LogP contribution is 2.41. The SMILES string of the molecule is O=C1COC(c2cc(NC(=O)c3cc(F)cc(C(F)(F)F)c3)c3c(c2)C(=O)NC3c2cc(F)ccc2Cl)CN1. The first-order valence-corrected chi connectivity index (χ1v) is 11.8. The van der Waals surface area contributed by atoms with Crippen LogP contribution in [0.1, 0.15) is 55.1 Å². The Balaban J connectivity index is 1.61. The molecule has 7 nitrogen and oxygen atoms in total. The van der Waals surface area contributed by atoms with Crippen LogP contribution in [0.15, 0.2) is 48.5 Å². The van der Waals surface area contributed by atoms with Gasteiger partial charge in [-0.1, -0.05) is 11.6 Å². The van der Waals surface area contributed by atoms with Gasteiger partial charge in [0.25, 0.3) is 11.8 Å². The number of carbonyl (C=O) groups is 3. The Morgan fingerprint density at radius 3 is 2.49 bits per heavy atom. The van der Waals surface area contributed by atoms with Crippen molar-refractivity contribution in [1.82, 2.24) is 10.6 Å². The summed E-state index contributed by atoms with van der Waals surface area (Å²) in [7, 11) is 0. The number of amides is 3. The van der Waals surface area contributed by atoms with Crippen molar-refractivity contribution in [3.05, 3.63) is 98.6 Å². The number of morpholine rings is 1. The Morgan fingerprint density at radius 2 is 1.79 bits per heavy atom. The smallest absolute Gasteiger partial charge is 0.362 e. The highest BCUT2D eigenvalue weighted by Gasteiger charge is 2.37. The van der Waals surface area contributed by atoms with Crippen molar-refractivity contribution in [2.75, 3.05) is 18.5 Å². The standard InChI is InChI=1S/C26H17ClF5N3O4/c27-18-2-1-14(28)8-16(18)23-22-17(25(38)35-23)5-11(20-9-33-21(36)10-39-20)6-19(22)34-24(37)12-3-13(26(30,31)32)7-15(29)4-12/h1-8,20,23H,9-10H2,(H,33,36)(H,34,37)(H,35,38). The highest BCUT2D eigenvalue weighted by molar-refractivity contribution is 6.31. The zero-order valence-electron chi connectivity index (χ0n) is 19.6. The Labute approximate surface area is 222 Å². The van der Waals surface area contributed by atoms with Gasteiger partial charge in [-0.15, -0.1) is 0 Å². The molecule has 5 rings (SSSR count). The molecule has 2 unspecified atom stereocenters. The summed E-state index contributed by atoms with van der Waals surface area (Å²) in [5.41, 5.74) is -1.27. The van der Waals surface area contributed by atoms with Gasteiger partial charge >= 0.3 is 6.18 Å². The minimum atomic E-state index is -4.91. The van der Waals surface area contributed by atoms with E-state index < -0.39 is 52.9 Å². The topological polar surface area (TPSA) is 96.5 Å². The zero-order valence-corrected chi connectivity index (χ0v) is 20.3. The van der Waals surface area contributed by atoms with Crippen molar-refractivity contribution < 1.29 is 41.1 Å². The van der Waals surface area contributed by atoms with Crippen LogP contribution in [0.3, 0.4) is 0 Å². The van der Waals surface area contributed by atoms with Gasteiger partial charge in [0.2, 0.25) is 5.91 Å². The molecule has 0 spiro atoms. The summed E-state index contributed by atoms with van der Waals surface area (Å²) in [6, 6.07) is 6.75. The molecule has 0 radical (unpaired) electrons. The molecule has 13 heteroatoms. The summed E-state index contributed by atoms with van der Waals surface area (Å²) in [5, 5.41) is 7.85. The van der Waals surface area contributed by atoms with Crippen LogP contribution in [0.2, 0.25) is 5.02 Å². The first kappa shape index (κ1) is 26.6. The molecule has 1 fully saturated rings. The molecule has 202 valence electrons. The molecule has 2 aliphatic rings. The fraction of sp³-hybridized carbons (Fsp3) is 0.192. The summed E-state index contributed by atoms with van der Waals surface area (Å²) in [6.45, 7) is -0.217. The van der Waals surface area contributed by atoms with Gasteiger partial charge < -0.3 is 20.7 Å². The lowest BCUT2D eigenvalue weighted by Crippen LogP contribution is -2.38. The van der Waals surface area contributed by atoms with E-state index in [-0.39, 0.29) is 52.5 Å². The largest absolute Gasteiger partial charge is 0.416 e. The molecule has 3 aromatic carbocycles. The third-order valence-corrected chi connectivity index (χ3v) is 6.63.